The number of hydrogen-bond acceptors (Lipinski definition) is 6. The molecule has 0 fully saturated rings. The van der Waals surface area contributed by atoms with Crippen LogP contribution in [0.5, 0.6) is 0 Å². The van der Waals surface area contributed by atoms with Crippen LogP contribution in [0.2, 0.25) is 10.0 Å². The van der Waals surface area contributed by atoms with Crippen LogP contribution in [0, 0.1) is 6.92 Å². The van der Waals surface area contributed by atoms with Crippen molar-refractivity contribution in [3.05, 3.63) is 56.8 Å². The summed E-state index contributed by atoms with van der Waals surface area (Å²) >= 11 is 12.0. The Morgan fingerprint density at radius 3 is 2.84 bits per heavy atom. The zero-order valence-electron chi connectivity index (χ0n) is 12.9. The van der Waals surface area contributed by atoms with Crippen molar-refractivity contribution in [3.8, 4) is 11.5 Å². The third-order valence-corrected chi connectivity index (χ3v) is 4.19. The van der Waals surface area contributed by atoms with Crippen molar-refractivity contribution < 1.29 is 9.32 Å². The van der Waals surface area contributed by atoms with E-state index < -0.39 is 11.7 Å². The molecule has 3 heterocycles. The molecule has 0 saturated carbocycles. The first-order valence-electron chi connectivity index (χ1n) is 7.05. The van der Waals surface area contributed by atoms with E-state index in [9.17, 15) is 9.59 Å². The minimum absolute atomic E-state index is 0.145. The van der Waals surface area contributed by atoms with Crippen molar-refractivity contribution in [1.82, 2.24) is 19.7 Å². The molecule has 0 unspecified atom stereocenters. The van der Waals surface area contributed by atoms with E-state index in [1.807, 2.05) is 0 Å². The summed E-state index contributed by atoms with van der Waals surface area (Å²) in [7, 11) is 0. The molecule has 3 aromatic heterocycles. The van der Waals surface area contributed by atoms with Gasteiger partial charge in [-0.25, -0.2) is 14.3 Å². The van der Waals surface area contributed by atoms with Gasteiger partial charge in [0.1, 0.15) is 12.2 Å². The highest BCUT2D eigenvalue weighted by molar-refractivity contribution is 6.37. The summed E-state index contributed by atoms with van der Waals surface area (Å²) in [6.07, 6.45) is 2.92. The van der Waals surface area contributed by atoms with Crippen LogP contribution in [0.1, 0.15) is 5.56 Å². The van der Waals surface area contributed by atoms with E-state index in [1.165, 1.54) is 6.20 Å². The van der Waals surface area contributed by atoms with Crippen molar-refractivity contribution in [2.75, 3.05) is 5.32 Å². The molecule has 1 N–H and O–H groups in total. The van der Waals surface area contributed by atoms with Gasteiger partial charge in [0.15, 0.2) is 5.82 Å². The van der Waals surface area contributed by atoms with Crippen LogP contribution in [0.25, 0.3) is 11.5 Å². The van der Waals surface area contributed by atoms with Crippen molar-refractivity contribution in [1.29, 1.82) is 0 Å². The van der Waals surface area contributed by atoms with Crippen LogP contribution in [0.3, 0.4) is 0 Å². The normalized spacial score (nSPS) is 10.7. The molecular weight excluding hydrogens is 369 g/mol. The highest BCUT2D eigenvalue weighted by Gasteiger charge is 2.18. The third kappa shape index (κ3) is 3.54. The van der Waals surface area contributed by atoms with Crippen molar-refractivity contribution in [2.24, 2.45) is 0 Å². The van der Waals surface area contributed by atoms with Gasteiger partial charge in [0.2, 0.25) is 11.7 Å². The fourth-order valence-corrected chi connectivity index (χ4v) is 2.44. The molecule has 0 bridgehead atoms. The number of carbonyl (C=O) groups is 1. The van der Waals surface area contributed by atoms with Gasteiger partial charge in [-0.3, -0.25) is 14.3 Å². The molecule has 0 saturated heterocycles. The summed E-state index contributed by atoms with van der Waals surface area (Å²) in [6.45, 7) is 1.36. The van der Waals surface area contributed by atoms with Gasteiger partial charge in [0, 0.05) is 12.4 Å². The summed E-state index contributed by atoms with van der Waals surface area (Å²) in [6, 6.07) is 5.09. The van der Waals surface area contributed by atoms with Crippen LogP contribution in [0.15, 0.2) is 39.9 Å². The first-order valence-corrected chi connectivity index (χ1v) is 7.81. The molecule has 0 spiro atoms. The van der Waals surface area contributed by atoms with E-state index in [0.29, 0.717) is 16.3 Å². The number of nitrogens with one attached hydrogen (secondary N) is 1. The fourth-order valence-electron chi connectivity index (χ4n) is 2.05. The molecule has 10 heteroatoms. The van der Waals surface area contributed by atoms with E-state index in [0.717, 1.165) is 4.57 Å². The van der Waals surface area contributed by atoms with Crippen LogP contribution in [-0.2, 0) is 11.3 Å². The van der Waals surface area contributed by atoms with Gasteiger partial charge in [-0.05, 0) is 24.6 Å². The molecule has 128 valence electrons. The zero-order chi connectivity index (χ0) is 18.0. The number of carbonyl (C=O) groups excluding carboxylic acids is 1. The second-order valence-corrected chi connectivity index (χ2v) is 5.80. The van der Waals surface area contributed by atoms with Crippen LogP contribution in [-0.4, -0.2) is 25.6 Å². The van der Waals surface area contributed by atoms with Gasteiger partial charge in [-0.15, -0.1) is 0 Å². The maximum atomic E-state index is 12.3. The lowest BCUT2D eigenvalue weighted by Gasteiger charge is -2.09. The summed E-state index contributed by atoms with van der Waals surface area (Å²) < 4.78 is 5.70. The SMILES string of the molecule is Cc1c(Cl)cnc(NC(=O)Cn2c(-c3ccccn3)noc2=O)c1Cl. The smallest absolute Gasteiger partial charge is 0.308 e. The molecule has 0 aromatic carbocycles. The quantitative estimate of drug-likeness (QED) is 0.746. The average molecular weight is 380 g/mol. The molecule has 0 aliphatic rings. The van der Waals surface area contributed by atoms with Crippen molar-refractivity contribution in [2.45, 2.75) is 13.5 Å². The Bertz CT molecular complexity index is 985. The second kappa shape index (κ2) is 7.04. The molecule has 3 rings (SSSR count). The molecule has 25 heavy (non-hydrogen) atoms. The summed E-state index contributed by atoms with van der Waals surface area (Å²) in [5, 5.41) is 6.81. The van der Waals surface area contributed by atoms with E-state index in [-0.39, 0.29) is 23.2 Å². The summed E-state index contributed by atoms with van der Waals surface area (Å²) in [5.41, 5.74) is 0.990. The van der Waals surface area contributed by atoms with Gasteiger partial charge >= 0.3 is 5.76 Å². The number of aromatic nitrogens is 4. The number of halogens is 2. The Kier molecular flexibility index (Phi) is 4.82. The highest BCUT2D eigenvalue weighted by Crippen LogP contribution is 2.28. The van der Waals surface area contributed by atoms with Crippen LogP contribution < -0.4 is 11.1 Å². The lowest BCUT2D eigenvalue weighted by Crippen LogP contribution is -2.26. The maximum absolute atomic E-state index is 12.3. The van der Waals surface area contributed by atoms with E-state index in [4.69, 9.17) is 23.2 Å². The average Bonchev–Trinajstić information content (AvgIpc) is 2.97. The van der Waals surface area contributed by atoms with E-state index >= 15 is 0 Å². The molecule has 3 aromatic rings. The topological polar surface area (TPSA) is 103 Å². The minimum Gasteiger partial charge on any atom is -0.308 e. The van der Waals surface area contributed by atoms with Gasteiger partial charge < -0.3 is 5.32 Å². The number of nitrogens with zero attached hydrogens (tertiary/aromatic N) is 4. The maximum Gasteiger partial charge on any atom is 0.442 e. The van der Waals surface area contributed by atoms with E-state index in [2.05, 4.69) is 25.0 Å². The first-order chi connectivity index (χ1) is 12.0. The molecule has 0 radical (unpaired) electrons. The predicted molar refractivity (Wildman–Crippen MR) is 91.6 cm³/mol. The minimum atomic E-state index is -0.776. The highest BCUT2D eigenvalue weighted by atomic mass is 35.5. The lowest BCUT2D eigenvalue weighted by molar-refractivity contribution is -0.116. The molecule has 0 aliphatic heterocycles. The number of amides is 1. The van der Waals surface area contributed by atoms with Crippen molar-refractivity contribution >= 4 is 34.9 Å². The molecular formula is C15H11Cl2N5O3. The second-order valence-electron chi connectivity index (χ2n) is 5.02. The molecule has 8 nitrogen and oxygen atoms in total. The van der Waals surface area contributed by atoms with Crippen LogP contribution in [0.4, 0.5) is 5.82 Å². The van der Waals surface area contributed by atoms with Gasteiger partial charge in [0.05, 0.1) is 10.0 Å². The Labute approximate surface area is 151 Å². The number of anilines is 1. The van der Waals surface area contributed by atoms with Crippen molar-refractivity contribution in [3.63, 3.8) is 0 Å². The Morgan fingerprint density at radius 2 is 2.12 bits per heavy atom. The lowest BCUT2D eigenvalue weighted by atomic mass is 10.3. The summed E-state index contributed by atoms with van der Waals surface area (Å²) in [4.78, 5) is 32.2. The number of hydrogen-bond donors (Lipinski definition) is 1. The Balaban J connectivity index is 1.84. The molecule has 0 atom stereocenters. The summed E-state index contributed by atoms with van der Waals surface area (Å²) in [5.74, 6) is -1.01. The zero-order valence-corrected chi connectivity index (χ0v) is 14.4. The predicted octanol–water partition coefficient (Wildman–Crippen LogP) is 2.55. The van der Waals surface area contributed by atoms with Crippen LogP contribution >= 0.6 is 23.2 Å². The van der Waals surface area contributed by atoms with Gasteiger partial charge in [-0.2, -0.15) is 0 Å². The number of rotatable bonds is 4. The largest absolute Gasteiger partial charge is 0.442 e. The van der Waals surface area contributed by atoms with Gasteiger partial charge in [-0.1, -0.05) is 34.4 Å². The number of pyridine rings is 2. The van der Waals surface area contributed by atoms with E-state index in [1.54, 1.807) is 31.3 Å². The third-order valence-electron chi connectivity index (χ3n) is 3.34. The Morgan fingerprint density at radius 1 is 1.32 bits per heavy atom. The van der Waals surface area contributed by atoms with Gasteiger partial charge in [0.25, 0.3) is 0 Å². The Hall–Kier alpha value is -2.71. The fraction of sp³-hybridized carbons (Fsp3) is 0.133. The first kappa shape index (κ1) is 17.1. The molecule has 1 amide bonds. The molecule has 0 aliphatic carbocycles. The monoisotopic (exact) mass is 379 g/mol. The standard InChI is InChI=1S/C15H11Cl2N5O3/c1-8-9(16)6-19-13(12(8)17)20-11(23)7-22-14(21-25-15(22)24)10-4-2-3-5-18-10/h2-6H,7H2,1H3,(H,19,20,23).